The molecular formula is C19H22N6O3. The highest BCUT2D eigenvalue weighted by atomic mass is 16.5. The molecule has 0 radical (unpaired) electrons. The molecule has 5 N–H and O–H groups in total. The first-order valence-corrected chi connectivity index (χ1v) is 8.93. The molecule has 0 amide bonds. The van der Waals surface area contributed by atoms with Crippen LogP contribution < -0.4 is 22.6 Å². The molecule has 1 aliphatic carbocycles. The molecule has 0 saturated carbocycles. The van der Waals surface area contributed by atoms with Crippen molar-refractivity contribution >= 4 is 22.9 Å². The Morgan fingerprint density at radius 3 is 2.93 bits per heavy atom. The van der Waals surface area contributed by atoms with E-state index in [1.807, 2.05) is 0 Å². The van der Waals surface area contributed by atoms with Crippen LogP contribution in [0.15, 0.2) is 46.6 Å². The van der Waals surface area contributed by atoms with Crippen molar-refractivity contribution in [1.29, 1.82) is 0 Å². The van der Waals surface area contributed by atoms with Gasteiger partial charge in [0, 0.05) is 18.0 Å². The molecule has 146 valence electrons. The molecule has 1 aliphatic rings. The van der Waals surface area contributed by atoms with Crippen molar-refractivity contribution in [1.82, 2.24) is 9.66 Å². The summed E-state index contributed by atoms with van der Waals surface area (Å²) < 4.78 is 6.19. The number of nitrogens with zero attached hydrogens (tertiary/aromatic N) is 3. The Morgan fingerprint density at radius 1 is 1.43 bits per heavy atom. The van der Waals surface area contributed by atoms with Gasteiger partial charge >= 0.3 is 5.97 Å². The standard InChI is InChI=1S/C19H22N6O3/c1-2-28-19(27)13(14-6-3-4-9-22-14)11-23-16-10-12-15(24-20)7-5-8-17(12)25(21)18(16)26/h3-4,6,9-11,23H,2,5,7-8,20-21H2,1H3/b13-11+,24-15+. The Hall–Kier alpha value is -3.62. The minimum absolute atomic E-state index is 0.191. The number of esters is 1. The number of aromatic nitrogens is 2. The molecule has 0 aliphatic heterocycles. The van der Waals surface area contributed by atoms with E-state index < -0.39 is 11.5 Å². The summed E-state index contributed by atoms with van der Waals surface area (Å²) in [5.74, 6) is 10.9. The molecule has 2 aromatic heterocycles. The lowest BCUT2D eigenvalue weighted by molar-refractivity contribution is -0.136. The van der Waals surface area contributed by atoms with Gasteiger partial charge in [0.15, 0.2) is 0 Å². The number of rotatable bonds is 5. The van der Waals surface area contributed by atoms with Crippen LogP contribution in [0.4, 0.5) is 5.69 Å². The van der Waals surface area contributed by atoms with E-state index in [9.17, 15) is 9.59 Å². The van der Waals surface area contributed by atoms with Gasteiger partial charge < -0.3 is 21.7 Å². The molecule has 0 atom stereocenters. The van der Waals surface area contributed by atoms with E-state index in [2.05, 4.69) is 15.4 Å². The number of hydrogen-bond acceptors (Lipinski definition) is 8. The summed E-state index contributed by atoms with van der Waals surface area (Å²) in [6.45, 7) is 1.93. The van der Waals surface area contributed by atoms with Gasteiger partial charge in [-0.05, 0) is 44.4 Å². The van der Waals surface area contributed by atoms with E-state index in [0.717, 1.165) is 16.7 Å². The van der Waals surface area contributed by atoms with Crippen LogP contribution in [0.3, 0.4) is 0 Å². The van der Waals surface area contributed by atoms with Gasteiger partial charge in [-0.2, -0.15) is 5.10 Å². The quantitative estimate of drug-likeness (QED) is 0.303. The predicted octanol–water partition coefficient (Wildman–Crippen LogP) is 0.972. The van der Waals surface area contributed by atoms with Crippen LogP contribution in [-0.2, 0) is 16.0 Å². The number of fused-ring (bicyclic) bond motifs is 1. The summed E-state index contributed by atoms with van der Waals surface area (Å²) in [6, 6.07) is 6.83. The summed E-state index contributed by atoms with van der Waals surface area (Å²) in [7, 11) is 0. The van der Waals surface area contributed by atoms with Crippen molar-refractivity contribution < 1.29 is 9.53 Å². The smallest absolute Gasteiger partial charge is 0.341 e. The lowest BCUT2D eigenvalue weighted by Gasteiger charge is -2.21. The second-order valence-corrected chi connectivity index (χ2v) is 6.16. The number of carbonyl (C=O) groups is 1. The van der Waals surface area contributed by atoms with Crippen molar-refractivity contribution in [2.75, 3.05) is 17.8 Å². The first-order chi connectivity index (χ1) is 13.6. The highest BCUT2D eigenvalue weighted by molar-refractivity contribution is 6.16. The maximum atomic E-state index is 12.6. The zero-order chi connectivity index (χ0) is 20.1. The van der Waals surface area contributed by atoms with Crippen LogP contribution in [0.25, 0.3) is 5.57 Å². The molecule has 0 spiro atoms. The number of nitrogen functional groups attached to an aromatic ring is 1. The van der Waals surface area contributed by atoms with Crippen molar-refractivity contribution in [2.45, 2.75) is 26.2 Å². The number of pyridine rings is 2. The van der Waals surface area contributed by atoms with E-state index in [0.29, 0.717) is 29.9 Å². The molecule has 0 fully saturated rings. The minimum Gasteiger partial charge on any atom is -0.462 e. The highest BCUT2D eigenvalue weighted by Crippen LogP contribution is 2.22. The Labute approximate surface area is 161 Å². The molecule has 9 heteroatoms. The Kier molecular flexibility index (Phi) is 5.73. The Balaban J connectivity index is 2.03. The van der Waals surface area contributed by atoms with Gasteiger partial charge in [0.2, 0.25) is 0 Å². The zero-order valence-electron chi connectivity index (χ0n) is 15.5. The molecule has 3 rings (SSSR count). The molecule has 0 aromatic carbocycles. The van der Waals surface area contributed by atoms with Crippen molar-refractivity contribution in [3.8, 4) is 0 Å². The average Bonchev–Trinajstić information content (AvgIpc) is 2.72. The normalized spacial score (nSPS) is 15.2. The van der Waals surface area contributed by atoms with Crippen molar-refractivity contribution in [3.05, 3.63) is 64.0 Å². The summed E-state index contributed by atoms with van der Waals surface area (Å²) >= 11 is 0. The molecule has 28 heavy (non-hydrogen) atoms. The average molecular weight is 382 g/mol. The number of ether oxygens (including phenoxy) is 1. The largest absolute Gasteiger partial charge is 0.462 e. The van der Waals surface area contributed by atoms with Gasteiger partial charge in [0.1, 0.15) is 11.3 Å². The van der Waals surface area contributed by atoms with Crippen LogP contribution >= 0.6 is 0 Å². The number of nitrogens with two attached hydrogens (primary N) is 2. The van der Waals surface area contributed by atoms with Gasteiger partial charge in [-0.1, -0.05) is 6.07 Å². The summed E-state index contributed by atoms with van der Waals surface area (Å²) in [5.41, 5.74) is 2.48. The lowest BCUT2D eigenvalue weighted by atomic mass is 9.93. The maximum Gasteiger partial charge on any atom is 0.341 e. The molecular weight excluding hydrogens is 360 g/mol. The van der Waals surface area contributed by atoms with Crippen LogP contribution in [0.1, 0.15) is 36.7 Å². The van der Waals surface area contributed by atoms with Crippen molar-refractivity contribution in [2.24, 2.45) is 10.9 Å². The third-order valence-corrected chi connectivity index (χ3v) is 4.44. The Bertz CT molecular complexity index is 995. The molecule has 0 bridgehead atoms. The van der Waals surface area contributed by atoms with Crippen molar-refractivity contribution in [3.63, 3.8) is 0 Å². The SMILES string of the molecule is CCOC(=O)/C(=C/Nc1cc2c(n(N)c1=O)CCC/C2=N\N)c1ccccn1. The van der Waals surface area contributed by atoms with Gasteiger partial charge in [0.05, 0.1) is 23.7 Å². The van der Waals surface area contributed by atoms with Gasteiger partial charge in [-0.25, -0.2) is 9.47 Å². The van der Waals surface area contributed by atoms with Gasteiger partial charge in [-0.3, -0.25) is 9.78 Å². The Morgan fingerprint density at radius 2 is 2.25 bits per heavy atom. The molecule has 2 heterocycles. The fourth-order valence-electron chi connectivity index (χ4n) is 3.09. The van der Waals surface area contributed by atoms with Crippen LogP contribution in [0.5, 0.6) is 0 Å². The van der Waals surface area contributed by atoms with E-state index in [1.165, 1.54) is 6.20 Å². The topological polar surface area (TPSA) is 138 Å². The minimum atomic E-state index is -0.552. The summed E-state index contributed by atoms with van der Waals surface area (Å²) in [4.78, 5) is 29.1. The molecule has 2 aromatic rings. The zero-order valence-corrected chi connectivity index (χ0v) is 15.5. The van der Waals surface area contributed by atoms with Crippen LogP contribution in [0.2, 0.25) is 0 Å². The van der Waals surface area contributed by atoms with Crippen LogP contribution in [0, 0.1) is 0 Å². The number of nitrogens with one attached hydrogen (secondary N) is 1. The molecule has 9 nitrogen and oxygen atoms in total. The lowest BCUT2D eigenvalue weighted by Crippen LogP contribution is -2.35. The van der Waals surface area contributed by atoms with Gasteiger partial charge in [0.25, 0.3) is 5.56 Å². The second kappa shape index (κ2) is 8.38. The van der Waals surface area contributed by atoms with E-state index in [-0.39, 0.29) is 17.9 Å². The van der Waals surface area contributed by atoms with Crippen LogP contribution in [-0.4, -0.2) is 27.9 Å². The third kappa shape index (κ3) is 3.73. The first kappa shape index (κ1) is 19.2. The van der Waals surface area contributed by atoms with E-state index in [4.69, 9.17) is 16.4 Å². The second-order valence-electron chi connectivity index (χ2n) is 6.16. The number of anilines is 1. The van der Waals surface area contributed by atoms with E-state index in [1.54, 1.807) is 37.4 Å². The predicted molar refractivity (Wildman–Crippen MR) is 107 cm³/mol. The van der Waals surface area contributed by atoms with Gasteiger partial charge in [-0.15, -0.1) is 0 Å². The monoisotopic (exact) mass is 382 g/mol. The number of hydrazone groups is 1. The first-order valence-electron chi connectivity index (χ1n) is 8.93. The molecule has 0 saturated heterocycles. The maximum absolute atomic E-state index is 12.6. The third-order valence-electron chi connectivity index (χ3n) is 4.44. The summed E-state index contributed by atoms with van der Waals surface area (Å²) in [6.07, 6.45) is 5.15. The number of hydrogen-bond donors (Lipinski definition) is 3. The number of carbonyl (C=O) groups excluding carboxylic acids is 1. The fourth-order valence-corrected chi connectivity index (χ4v) is 3.09. The van der Waals surface area contributed by atoms with E-state index >= 15 is 0 Å². The highest BCUT2D eigenvalue weighted by Gasteiger charge is 2.21. The fraction of sp³-hybridized carbons (Fsp3) is 0.263. The summed E-state index contributed by atoms with van der Waals surface area (Å²) in [5, 5.41) is 6.69. The molecule has 0 unspecified atom stereocenters.